The van der Waals surface area contributed by atoms with E-state index in [1.807, 2.05) is 6.07 Å². The minimum absolute atomic E-state index is 0.240. The predicted molar refractivity (Wildman–Crippen MR) is 80.0 cm³/mol. The van der Waals surface area contributed by atoms with Gasteiger partial charge in [-0.25, -0.2) is 9.97 Å². The van der Waals surface area contributed by atoms with Crippen LogP contribution in [0.2, 0.25) is 0 Å². The number of aryl methyl sites for hydroxylation is 1. The number of amides is 1. The average molecular weight is 288 g/mol. The van der Waals surface area contributed by atoms with Gasteiger partial charge in [-0.05, 0) is 25.5 Å². The summed E-state index contributed by atoms with van der Waals surface area (Å²) < 4.78 is 5.17. The second kappa shape index (κ2) is 7.42. The van der Waals surface area contributed by atoms with Crippen molar-refractivity contribution in [3.63, 3.8) is 0 Å². The molecule has 0 aliphatic carbocycles. The van der Waals surface area contributed by atoms with Crippen molar-refractivity contribution in [3.05, 3.63) is 41.7 Å². The van der Waals surface area contributed by atoms with E-state index >= 15 is 0 Å². The van der Waals surface area contributed by atoms with Crippen molar-refractivity contribution < 1.29 is 9.21 Å². The highest BCUT2D eigenvalue weighted by Crippen LogP contribution is 2.08. The number of anilines is 1. The molecule has 1 amide bonds. The van der Waals surface area contributed by atoms with Crippen LogP contribution in [0.15, 0.2) is 28.9 Å². The first-order valence-electron chi connectivity index (χ1n) is 7.09. The number of unbranched alkanes of at least 4 members (excludes halogenated alkanes) is 1. The molecule has 6 nitrogen and oxygen atoms in total. The van der Waals surface area contributed by atoms with Crippen LogP contribution in [0.1, 0.15) is 41.8 Å². The Kier molecular flexibility index (Phi) is 5.31. The third-order valence-electron chi connectivity index (χ3n) is 2.91. The zero-order chi connectivity index (χ0) is 15.1. The number of furan rings is 1. The van der Waals surface area contributed by atoms with Crippen LogP contribution in [0, 0.1) is 6.92 Å². The van der Waals surface area contributed by atoms with Gasteiger partial charge in [-0.1, -0.05) is 13.3 Å². The monoisotopic (exact) mass is 288 g/mol. The summed E-state index contributed by atoms with van der Waals surface area (Å²) >= 11 is 0. The molecule has 6 heteroatoms. The van der Waals surface area contributed by atoms with Crippen molar-refractivity contribution >= 4 is 11.7 Å². The Hall–Kier alpha value is -2.37. The van der Waals surface area contributed by atoms with Crippen LogP contribution in [0.5, 0.6) is 0 Å². The summed E-state index contributed by atoms with van der Waals surface area (Å²) in [5, 5.41) is 5.97. The summed E-state index contributed by atoms with van der Waals surface area (Å²) in [7, 11) is 0. The quantitative estimate of drug-likeness (QED) is 0.765. The maximum absolute atomic E-state index is 12.1. The van der Waals surface area contributed by atoms with E-state index in [0.29, 0.717) is 29.6 Å². The highest BCUT2D eigenvalue weighted by molar-refractivity contribution is 5.92. The van der Waals surface area contributed by atoms with Crippen LogP contribution in [0.25, 0.3) is 0 Å². The lowest BCUT2D eigenvalue weighted by atomic mass is 10.3. The van der Waals surface area contributed by atoms with Gasteiger partial charge in [-0.15, -0.1) is 0 Å². The Morgan fingerprint density at radius 2 is 2.24 bits per heavy atom. The summed E-state index contributed by atoms with van der Waals surface area (Å²) in [4.78, 5) is 20.5. The Balaban J connectivity index is 1.98. The number of nitrogens with zero attached hydrogens (tertiary/aromatic N) is 2. The van der Waals surface area contributed by atoms with E-state index in [4.69, 9.17) is 4.42 Å². The van der Waals surface area contributed by atoms with Gasteiger partial charge in [0.1, 0.15) is 23.1 Å². The molecule has 0 saturated carbocycles. The molecule has 0 radical (unpaired) electrons. The Morgan fingerprint density at radius 3 is 2.95 bits per heavy atom. The van der Waals surface area contributed by atoms with E-state index in [2.05, 4.69) is 27.5 Å². The van der Waals surface area contributed by atoms with Crippen LogP contribution < -0.4 is 10.6 Å². The van der Waals surface area contributed by atoms with Crippen LogP contribution in [0.3, 0.4) is 0 Å². The van der Waals surface area contributed by atoms with E-state index in [0.717, 1.165) is 19.4 Å². The highest BCUT2D eigenvalue weighted by atomic mass is 16.3. The third kappa shape index (κ3) is 4.59. The van der Waals surface area contributed by atoms with Crippen molar-refractivity contribution in [2.45, 2.75) is 33.2 Å². The summed E-state index contributed by atoms with van der Waals surface area (Å²) in [5.41, 5.74) is 0.355. The van der Waals surface area contributed by atoms with Crippen molar-refractivity contribution in [1.29, 1.82) is 0 Å². The molecule has 2 rings (SSSR count). The molecule has 0 spiro atoms. The average Bonchev–Trinajstić information content (AvgIpc) is 2.98. The Morgan fingerprint density at radius 1 is 1.38 bits per heavy atom. The molecule has 0 atom stereocenters. The maximum Gasteiger partial charge on any atom is 0.270 e. The lowest BCUT2D eigenvalue weighted by Crippen LogP contribution is -2.24. The minimum Gasteiger partial charge on any atom is -0.467 e. The van der Waals surface area contributed by atoms with Crippen LogP contribution >= 0.6 is 0 Å². The lowest BCUT2D eigenvalue weighted by molar-refractivity contribution is 0.0942. The normalized spacial score (nSPS) is 10.4. The Labute approximate surface area is 124 Å². The molecule has 21 heavy (non-hydrogen) atoms. The number of nitrogens with one attached hydrogen (secondary N) is 2. The van der Waals surface area contributed by atoms with Gasteiger partial charge in [0.15, 0.2) is 0 Å². The maximum atomic E-state index is 12.1. The topological polar surface area (TPSA) is 80.0 Å². The van der Waals surface area contributed by atoms with Crippen molar-refractivity contribution in [2.24, 2.45) is 0 Å². The summed E-state index contributed by atoms with van der Waals surface area (Å²) in [6, 6.07) is 5.26. The van der Waals surface area contributed by atoms with Crippen molar-refractivity contribution in [2.75, 3.05) is 11.9 Å². The number of carbonyl (C=O) groups excluding carboxylic acids is 1. The van der Waals surface area contributed by atoms with Gasteiger partial charge in [0.2, 0.25) is 0 Å². The molecule has 0 aromatic carbocycles. The second-order valence-electron chi connectivity index (χ2n) is 4.73. The number of aromatic nitrogens is 2. The predicted octanol–water partition coefficient (Wildman–Crippen LogP) is 2.52. The molecular weight excluding hydrogens is 268 g/mol. The van der Waals surface area contributed by atoms with Crippen LogP contribution in [0.4, 0.5) is 5.82 Å². The molecular formula is C15H20N4O2. The van der Waals surface area contributed by atoms with Crippen LogP contribution in [-0.4, -0.2) is 22.4 Å². The van der Waals surface area contributed by atoms with Crippen molar-refractivity contribution in [3.8, 4) is 0 Å². The number of hydrogen-bond donors (Lipinski definition) is 2. The minimum atomic E-state index is -0.240. The van der Waals surface area contributed by atoms with Gasteiger partial charge in [0, 0.05) is 12.6 Å². The van der Waals surface area contributed by atoms with Gasteiger partial charge in [0.25, 0.3) is 5.91 Å². The zero-order valence-electron chi connectivity index (χ0n) is 12.3. The van der Waals surface area contributed by atoms with E-state index in [1.54, 1.807) is 25.3 Å². The smallest absolute Gasteiger partial charge is 0.270 e. The fraction of sp³-hybridized carbons (Fsp3) is 0.400. The summed E-state index contributed by atoms with van der Waals surface area (Å²) in [6.45, 7) is 5.07. The molecule has 2 aromatic heterocycles. The molecule has 112 valence electrons. The van der Waals surface area contributed by atoms with Gasteiger partial charge in [-0.2, -0.15) is 0 Å². The zero-order valence-corrected chi connectivity index (χ0v) is 12.3. The SMILES string of the molecule is CCCCNc1cc(C(=O)NCc2ccco2)nc(C)n1. The molecule has 0 bridgehead atoms. The van der Waals surface area contributed by atoms with Gasteiger partial charge in [-0.3, -0.25) is 4.79 Å². The van der Waals surface area contributed by atoms with Crippen LogP contribution in [-0.2, 0) is 6.54 Å². The van der Waals surface area contributed by atoms with Gasteiger partial charge >= 0.3 is 0 Å². The Bertz CT molecular complexity index is 581. The number of rotatable bonds is 7. The summed E-state index contributed by atoms with van der Waals surface area (Å²) in [6.07, 6.45) is 3.74. The fourth-order valence-corrected chi connectivity index (χ4v) is 1.84. The fourth-order valence-electron chi connectivity index (χ4n) is 1.84. The number of hydrogen-bond acceptors (Lipinski definition) is 5. The molecule has 0 aliphatic rings. The summed E-state index contributed by atoms with van der Waals surface area (Å²) in [5.74, 6) is 1.71. The molecule has 2 N–H and O–H groups in total. The largest absolute Gasteiger partial charge is 0.467 e. The van der Waals surface area contributed by atoms with E-state index in [9.17, 15) is 4.79 Å². The lowest BCUT2D eigenvalue weighted by Gasteiger charge is -2.08. The van der Waals surface area contributed by atoms with E-state index in [1.165, 1.54) is 0 Å². The third-order valence-corrected chi connectivity index (χ3v) is 2.91. The standard InChI is InChI=1S/C15H20N4O2/c1-3-4-7-16-14-9-13(18-11(2)19-14)15(20)17-10-12-6-5-8-21-12/h5-6,8-9H,3-4,7,10H2,1-2H3,(H,17,20)(H,16,18,19). The molecule has 2 heterocycles. The van der Waals surface area contributed by atoms with E-state index < -0.39 is 0 Å². The first-order valence-corrected chi connectivity index (χ1v) is 7.09. The second-order valence-corrected chi connectivity index (χ2v) is 4.73. The molecule has 0 fully saturated rings. The van der Waals surface area contributed by atoms with Gasteiger partial charge in [0.05, 0.1) is 12.8 Å². The molecule has 0 saturated heterocycles. The first kappa shape index (κ1) is 15.0. The van der Waals surface area contributed by atoms with Crippen molar-refractivity contribution in [1.82, 2.24) is 15.3 Å². The van der Waals surface area contributed by atoms with Gasteiger partial charge < -0.3 is 15.1 Å². The molecule has 0 aliphatic heterocycles. The first-order chi connectivity index (χ1) is 10.2. The molecule has 2 aromatic rings. The molecule has 0 unspecified atom stereocenters. The number of carbonyl (C=O) groups is 1. The highest BCUT2D eigenvalue weighted by Gasteiger charge is 2.10. The van der Waals surface area contributed by atoms with E-state index in [-0.39, 0.29) is 5.91 Å².